The molecule has 0 bridgehead atoms. The van der Waals surface area contributed by atoms with E-state index in [2.05, 4.69) is 15.0 Å². The highest BCUT2D eigenvalue weighted by Gasteiger charge is 2.37. The Bertz CT molecular complexity index is 1700. The predicted molar refractivity (Wildman–Crippen MR) is 138 cm³/mol. The molecule has 2 aliphatic carbocycles. The fourth-order valence-electron chi connectivity index (χ4n) is 4.66. The molecular formula is C27H25F4N7O. The number of hydrogen-bond donors (Lipinski definition) is 3. The smallest absolute Gasteiger partial charge is 0.403 e. The van der Waals surface area contributed by atoms with Crippen LogP contribution in [0.5, 0.6) is 0 Å². The van der Waals surface area contributed by atoms with E-state index in [1.54, 1.807) is 13.0 Å². The first-order valence-corrected chi connectivity index (χ1v) is 12.5. The lowest BCUT2D eigenvalue weighted by Crippen LogP contribution is -2.30. The second kappa shape index (κ2) is 8.94. The number of alkyl halides is 3. The molecular weight excluding hydrogens is 514 g/mol. The predicted octanol–water partition coefficient (Wildman–Crippen LogP) is 5.19. The van der Waals surface area contributed by atoms with E-state index in [4.69, 9.17) is 11.6 Å². The minimum atomic E-state index is -4.75. The number of H-pyrrole nitrogens is 1. The largest absolute Gasteiger partial charge is 0.419 e. The molecule has 0 aliphatic heterocycles. The summed E-state index contributed by atoms with van der Waals surface area (Å²) < 4.78 is 57.7. The fourth-order valence-corrected chi connectivity index (χ4v) is 4.66. The molecule has 2 fully saturated rings. The Kier molecular flexibility index (Phi) is 5.75. The molecule has 39 heavy (non-hydrogen) atoms. The van der Waals surface area contributed by atoms with Crippen molar-refractivity contribution in [1.29, 1.82) is 0 Å². The van der Waals surface area contributed by atoms with E-state index in [1.165, 1.54) is 35.5 Å². The van der Waals surface area contributed by atoms with Crippen LogP contribution in [0, 0.1) is 5.82 Å². The summed E-state index contributed by atoms with van der Waals surface area (Å²) in [6.07, 6.45) is 0.607. The van der Waals surface area contributed by atoms with Crippen molar-refractivity contribution in [3.63, 3.8) is 0 Å². The Morgan fingerprint density at radius 2 is 1.85 bits per heavy atom. The molecule has 202 valence electrons. The van der Waals surface area contributed by atoms with Crippen LogP contribution in [0.2, 0.25) is 0 Å². The highest BCUT2D eigenvalue weighted by molar-refractivity contribution is 5.81. The maximum atomic E-state index is 14.3. The van der Waals surface area contributed by atoms with Crippen molar-refractivity contribution in [3.8, 4) is 16.9 Å². The van der Waals surface area contributed by atoms with E-state index in [0.717, 1.165) is 36.4 Å². The number of fused-ring (bicyclic) bond motifs is 1. The molecule has 0 unspecified atom stereocenters. The molecule has 2 saturated carbocycles. The average molecular weight is 540 g/mol. The minimum absolute atomic E-state index is 0.0132. The van der Waals surface area contributed by atoms with Crippen LogP contribution >= 0.6 is 0 Å². The quantitative estimate of drug-likeness (QED) is 0.176. The summed E-state index contributed by atoms with van der Waals surface area (Å²) in [6.45, 7) is 1.65. The summed E-state index contributed by atoms with van der Waals surface area (Å²) >= 11 is 0. The Morgan fingerprint density at radius 3 is 2.49 bits per heavy atom. The number of pyridine rings is 2. The Hall–Kier alpha value is -4.19. The van der Waals surface area contributed by atoms with Crippen molar-refractivity contribution in [2.75, 3.05) is 5.01 Å². The van der Waals surface area contributed by atoms with Gasteiger partial charge in [0.2, 0.25) is 0 Å². The molecule has 3 heterocycles. The maximum Gasteiger partial charge on any atom is 0.419 e. The van der Waals surface area contributed by atoms with E-state index in [1.807, 2.05) is 0 Å². The van der Waals surface area contributed by atoms with Gasteiger partial charge in [-0.3, -0.25) is 14.4 Å². The number of halogens is 4. The molecule has 0 spiro atoms. The third-order valence-corrected chi connectivity index (χ3v) is 7.16. The molecule has 5 N–H and O–H groups in total. The standard InChI is InChI=1S/C27H25F4N7O/c1-13(11-32)38(33)21-10-17(28)6-7-18(21)16-8-20(14-2-3-14)34-22(9-16)37-12-19(27(29,30)31)23-24(26(37)39)36-25(35-23)15-4-5-15/h6-12,14-15H,2-5,32-33H2,1H3,(H,35,36)/b13-11-. The topological polar surface area (TPSA) is 119 Å². The van der Waals surface area contributed by atoms with Crippen molar-refractivity contribution in [3.05, 3.63) is 81.7 Å². The van der Waals surface area contributed by atoms with Gasteiger partial charge in [-0.1, -0.05) is 0 Å². The van der Waals surface area contributed by atoms with Gasteiger partial charge in [-0.25, -0.2) is 20.2 Å². The molecule has 0 saturated heterocycles. The van der Waals surface area contributed by atoms with Gasteiger partial charge in [-0.05, 0) is 68.5 Å². The first-order valence-electron chi connectivity index (χ1n) is 12.5. The molecule has 2 aliphatic rings. The monoisotopic (exact) mass is 539 g/mol. The Morgan fingerprint density at radius 1 is 1.13 bits per heavy atom. The third kappa shape index (κ3) is 4.54. The molecule has 0 radical (unpaired) electrons. The second-order valence-corrected chi connectivity index (χ2v) is 10.1. The van der Waals surface area contributed by atoms with Gasteiger partial charge in [0, 0.05) is 41.2 Å². The molecule has 0 amide bonds. The lowest BCUT2D eigenvalue weighted by atomic mass is 10.0. The molecule has 8 nitrogen and oxygen atoms in total. The molecule has 12 heteroatoms. The number of benzene rings is 1. The number of allylic oxidation sites excluding steroid dienone is 1. The number of rotatable bonds is 6. The number of anilines is 1. The van der Waals surface area contributed by atoms with Gasteiger partial charge in [-0.15, -0.1) is 0 Å². The molecule has 3 aromatic heterocycles. The number of hydrogen-bond acceptors (Lipinski definition) is 6. The fraction of sp³-hybridized carbons (Fsp3) is 0.296. The first-order chi connectivity index (χ1) is 18.5. The molecule has 6 rings (SSSR count). The highest BCUT2D eigenvalue weighted by atomic mass is 19.4. The number of hydrazine groups is 1. The van der Waals surface area contributed by atoms with Gasteiger partial charge < -0.3 is 10.7 Å². The lowest BCUT2D eigenvalue weighted by Gasteiger charge is -2.23. The van der Waals surface area contributed by atoms with E-state index in [9.17, 15) is 22.4 Å². The van der Waals surface area contributed by atoms with Gasteiger partial charge in [0.1, 0.15) is 34.1 Å². The van der Waals surface area contributed by atoms with Crippen LogP contribution in [-0.2, 0) is 6.18 Å². The second-order valence-electron chi connectivity index (χ2n) is 10.1. The summed E-state index contributed by atoms with van der Waals surface area (Å²) in [5.74, 6) is 6.20. The molecule has 1 aromatic carbocycles. The van der Waals surface area contributed by atoms with Gasteiger partial charge in [0.15, 0.2) is 0 Å². The van der Waals surface area contributed by atoms with Crippen molar-refractivity contribution in [2.45, 2.75) is 50.6 Å². The zero-order valence-corrected chi connectivity index (χ0v) is 20.9. The van der Waals surface area contributed by atoms with Crippen LogP contribution < -0.4 is 22.1 Å². The SMILES string of the molecule is C/C(=C/N)N(N)c1cc(F)ccc1-c1cc(C2CC2)nc(-n2cc(C(F)(F)F)c3nc(C4CC4)[nH]c3c2=O)c1. The Labute approximate surface area is 219 Å². The van der Waals surface area contributed by atoms with Crippen molar-refractivity contribution in [2.24, 2.45) is 11.6 Å². The summed E-state index contributed by atoms with van der Waals surface area (Å²) in [7, 11) is 0. The number of nitrogens with two attached hydrogens (primary N) is 2. The van der Waals surface area contributed by atoms with E-state index in [0.29, 0.717) is 28.3 Å². The Balaban J connectivity index is 1.59. The number of nitrogens with one attached hydrogen (secondary N) is 1. The lowest BCUT2D eigenvalue weighted by molar-refractivity contribution is -0.136. The summed E-state index contributed by atoms with van der Waals surface area (Å²) in [4.78, 5) is 25.1. The van der Waals surface area contributed by atoms with Crippen LogP contribution in [0.3, 0.4) is 0 Å². The van der Waals surface area contributed by atoms with Crippen LogP contribution in [0.4, 0.5) is 23.2 Å². The van der Waals surface area contributed by atoms with E-state index >= 15 is 0 Å². The number of aromatic nitrogens is 4. The summed E-state index contributed by atoms with van der Waals surface area (Å²) in [5.41, 5.74) is 5.65. The van der Waals surface area contributed by atoms with Gasteiger partial charge in [0.05, 0.1) is 5.69 Å². The van der Waals surface area contributed by atoms with Crippen molar-refractivity contribution < 1.29 is 17.6 Å². The normalized spacial score (nSPS) is 16.2. The van der Waals surface area contributed by atoms with Gasteiger partial charge >= 0.3 is 6.18 Å². The van der Waals surface area contributed by atoms with Crippen molar-refractivity contribution in [1.82, 2.24) is 19.5 Å². The van der Waals surface area contributed by atoms with Crippen LogP contribution in [0.1, 0.15) is 61.5 Å². The van der Waals surface area contributed by atoms with Crippen LogP contribution in [-0.4, -0.2) is 19.5 Å². The molecule has 4 aromatic rings. The van der Waals surface area contributed by atoms with Gasteiger partial charge in [-0.2, -0.15) is 13.2 Å². The zero-order valence-electron chi connectivity index (χ0n) is 20.9. The third-order valence-electron chi connectivity index (χ3n) is 7.16. The number of imidazole rings is 1. The molecule has 0 atom stereocenters. The summed E-state index contributed by atoms with van der Waals surface area (Å²) in [5, 5.41) is 1.22. The van der Waals surface area contributed by atoms with E-state index < -0.39 is 28.6 Å². The van der Waals surface area contributed by atoms with Crippen molar-refractivity contribution >= 4 is 16.7 Å². The van der Waals surface area contributed by atoms with Gasteiger partial charge in [0.25, 0.3) is 5.56 Å². The minimum Gasteiger partial charge on any atom is -0.403 e. The zero-order chi connectivity index (χ0) is 27.6. The van der Waals surface area contributed by atoms with Crippen LogP contribution in [0.25, 0.3) is 28.0 Å². The number of aromatic amines is 1. The average Bonchev–Trinajstić information content (AvgIpc) is 3.84. The van der Waals surface area contributed by atoms with Crippen LogP contribution in [0.15, 0.2) is 53.2 Å². The first kappa shape index (κ1) is 25.1. The maximum absolute atomic E-state index is 14.3. The highest BCUT2D eigenvalue weighted by Crippen LogP contribution is 2.43. The van der Waals surface area contributed by atoms with E-state index in [-0.39, 0.29) is 28.9 Å². The number of nitrogens with zero attached hydrogens (tertiary/aromatic N) is 4. The summed E-state index contributed by atoms with van der Waals surface area (Å²) in [6, 6.07) is 7.32.